The van der Waals surface area contributed by atoms with Crippen molar-refractivity contribution in [3.63, 3.8) is 0 Å². The van der Waals surface area contributed by atoms with Crippen molar-refractivity contribution >= 4 is 16.8 Å². The van der Waals surface area contributed by atoms with Crippen LogP contribution < -0.4 is 5.56 Å². The largest absolute Gasteiger partial charge is 0.385 e. The molecule has 0 fully saturated rings. The van der Waals surface area contributed by atoms with Gasteiger partial charge in [-0.25, -0.2) is 4.98 Å². The van der Waals surface area contributed by atoms with Gasteiger partial charge in [-0.2, -0.15) is 0 Å². The molecule has 2 aromatic carbocycles. The Morgan fingerprint density at radius 3 is 2.59 bits per heavy atom. The monoisotopic (exact) mass is 365 g/mol. The van der Waals surface area contributed by atoms with Crippen LogP contribution in [0, 0.1) is 0 Å². The summed E-state index contributed by atoms with van der Waals surface area (Å²) in [5.41, 5.74) is 1.46. The molecule has 3 aromatic rings. The molecule has 0 aliphatic heterocycles. The fourth-order valence-corrected chi connectivity index (χ4v) is 2.95. The molecular weight excluding hydrogens is 342 g/mol. The molecule has 140 valence electrons. The predicted octanol–water partition coefficient (Wildman–Crippen LogP) is 2.88. The van der Waals surface area contributed by atoms with Gasteiger partial charge in [-0.05, 0) is 24.1 Å². The Hall–Kier alpha value is -2.99. The van der Waals surface area contributed by atoms with Crippen LogP contribution in [0.1, 0.15) is 24.2 Å². The van der Waals surface area contributed by atoms with E-state index in [1.165, 1.54) is 0 Å². The number of nitrogens with one attached hydrogen (secondary N) is 1. The molecule has 0 aliphatic rings. The lowest BCUT2D eigenvalue weighted by Gasteiger charge is -2.22. The summed E-state index contributed by atoms with van der Waals surface area (Å²) in [6.07, 6.45) is 1.04. The number of rotatable bonds is 8. The lowest BCUT2D eigenvalue weighted by molar-refractivity contribution is -0.132. The second-order valence-electron chi connectivity index (χ2n) is 6.36. The van der Waals surface area contributed by atoms with Crippen molar-refractivity contribution in [1.29, 1.82) is 0 Å². The van der Waals surface area contributed by atoms with Crippen LogP contribution in [0.5, 0.6) is 0 Å². The van der Waals surface area contributed by atoms with E-state index in [1.54, 1.807) is 30.2 Å². The number of H-pyrrole nitrogens is 1. The number of aromatic amines is 1. The second-order valence-corrected chi connectivity index (χ2v) is 6.36. The van der Waals surface area contributed by atoms with E-state index in [1.807, 2.05) is 36.4 Å². The van der Waals surface area contributed by atoms with Crippen LogP contribution in [0.3, 0.4) is 0 Å². The van der Waals surface area contributed by atoms with Gasteiger partial charge in [-0.1, -0.05) is 42.5 Å². The molecule has 6 nitrogen and oxygen atoms in total. The second kappa shape index (κ2) is 9.09. The zero-order chi connectivity index (χ0) is 19.1. The number of hydrogen-bond donors (Lipinski definition) is 1. The van der Waals surface area contributed by atoms with Crippen molar-refractivity contribution in [2.75, 3.05) is 13.7 Å². The van der Waals surface area contributed by atoms with Crippen molar-refractivity contribution < 1.29 is 9.53 Å². The zero-order valence-electron chi connectivity index (χ0n) is 15.4. The zero-order valence-corrected chi connectivity index (χ0v) is 15.4. The number of carbonyl (C=O) groups excluding carboxylic acids is 1. The van der Waals surface area contributed by atoms with Crippen LogP contribution >= 0.6 is 0 Å². The van der Waals surface area contributed by atoms with E-state index in [0.717, 1.165) is 5.56 Å². The topological polar surface area (TPSA) is 75.3 Å². The van der Waals surface area contributed by atoms with Crippen LogP contribution in [-0.4, -0.2) is 34.5 Å². The third kappa shape index (κ3) is 5.01. The number of carbonyl (C=O) groups is 1. The minimum atomic E-state index is -0.193. The molecule has 1 heterocycles. The maximum absolute atomic E-state index is 12.7. The highest BCUT2D eigenvalue weighted by atomic mass is 16.5. The molecule has 1 N–H and O–H groups in total. The van der Waals surface area contributed by atoms with E-state index in [4.69, 9.17) is 4.74 Å². The highest BCUT2D eigenvalue weighted by Gasteiger charge is 2.16. The molecule has 0 aliphatic carbocycles. The number of nitrogens with zero attached hydrogens (tertiary/aromatic N) is 2. The summed E-state index contributed by atoms with van der Waals surface area (Å²) >= 11 is 0. The standard InChI is InChI=1S/C21H23N3O3/c1-27-13-7-12-20(25)24(14-16-8-3-2-4-9-16)15-19-22-18-11-6-5-10-17(18)21(26)23-19/h2-6,8-11H,7,12-15H2,1H3,(H,22,23,26). The number of benzene rings is 2. The van der Waals surface area contributed by atoms with Gasteiger partial charge in [0, 0.05) is 26.7 Å². The third-order valence-corrected chi connectivity index (χ3v) is 4.31. The first-order chi connectivity index (χ1) is 13.2. The number of aromatic nitrogens is 2. The Kier molecular flexibility index (Phi) is 6.33. The average molecular weight is 365 g/mol. The van der Waals surface area contributed by atoms with Crippen LogP contribution in [0.2, 0.25) is 0 Å². The fraction of sp³-hybridized carbons (Fsp3) is 0.286. The normalized spacial score (nSPS) is 10.9. The Bertz CT molecular complexity index is 954. The maximum Gasteiger partial charge on any atom is 0.258 e. The molecule has 0 spiro atoms. The quantitative estimate of drug-likeness (QED) is 0.623. The summed E-state index contributed by atoms with van der Waals surface area (Å²) in [4.78, 5) is 34.1. The number of hydrogen-bond acceptors (Lipinski definition) is 4. The SMILES string of the molecule is COCCCC(=O)N(Cc1ccccc1)Cc1nc2ccccc2c(=O)[nH]1. The predicted molar refractivity (Wildman–Crippen MR) is 104 cm³/mol. The molecule has 0 radical (unpaired) electrons. The van der Waals surface area contributed by atoms with E-state index < -0.39 is 0 Å². The minimum Gasteiger partial charge on any atom is -0.385 e. The number of ether oxygens (including phenoxy) is 1. The number of para-hydroxylation sites is 1. The van der Waals surface area contributed by atoms with Gasteiger partial charge in [0.25, 0.3) is 5.56 Å². The van der Waals surface area contributed by atoms with E-state index in [9.17, 15) is 9.59 Å². The summed E-state index contributed by atoms with van der Waals surface area (Å²) in [6.45, 7) is 1.25. The molecule has 0 saturated heterocycles. The molecule has 1 aromatic heterocycles. The van der Waals surface area contributed by atoms with Gasteiger partial charge in [0.1, 0.15) is 5.82 Å². The summed E-state index contributed by atoms with van der Waals surface area (Å²) in [5, 5.41) is 0.544. The highest BCUT2D eigenvalue weighted by Crippen LogP contribution is 2.12. The van der Waals surface area contributed by atoms with Crippen molar-refractivity contribution in [1.82, 2.24) is 14.9 Å². The molecule has 3 rings (SSSR count). The Balaban J connectivity index is 1.83. The minimum absolute atomic E-state index is 0.00621. The summed E-state index contributed by atoms with van der Waals surface area (Å²) < 4.78 is 5.04. The Morgan fingerprint density at radius 1 is 1.07 bits per heavy atom. The lowest BCUT2D eigenvalue weighted by atomic mass is 10.2. The van der Waals surface area contributed by atoms with Crippen LogP contribution in [0.4, 0.5) is 0 Å². The van der Waals surface area contributed by atoms with Crippen molar-refractivity contribution in [3.8, 4) is 0 Å². The van der Waals surface area contributed by atoms with Crippen molar-refractivity contribution in [2.45, 2.75) is 25.9 Å². The summed E-state index contributed by atoms with van der Waals surface area (Å²) in [7, 11) is 1.62. The highest BCUT2D eigenvalue weighted by molar-refractivity contribution is 5.78. The van der Waals surface area contributed by atoms with Gasteiger partial charge in [-0.15, -0.1) is 0 Å². The number of fused-ring (bicyclic) bond motifs is 1. The molecule has 0 bridgehead atoms. The molecule has 0 atom stereocenters. The molecule has 1 amide bonds. The van der Waals surface area contributed by atoms with E-state index in [0.29, 0.717) is 42.7 Å². The smallest absolute Gasteiger partial charge is 0.258 e. The fourth-order valence-electron chi connectivity index (χ4n) is 2.95. The van der Waals surface area contributed by atoms with Gasteiger partial charge in [0.15, 0.2) is 0 Å². The number of methoxy groups -OCH3 is 1. The molecule has 0 unspecified atom stereocenters. The van der Waals surface area contributed by atoms with E-state index in [-0.39, 0.29) is 18.0 Å². The van der Waals surface area contributed by atoms with Gasteiger partial charge in [0.2, 0.25) is 5.91 Å². The van der Waals surface area contributed by atoms with Crippen LogP contribution in [0.25, 0.3) is 10.9 Å². The van der Waals surface area contributed by atoms with Gasteiger partial charge in [-0.3, -0.25) is 9.59 Å². The van der Waals surface area contributed by atoms with Gasteiger partial charge in [0.05, 0.1) is 17.4 Å². The summed E-state index contributed by atoms with van der Waals surface area (Å²) in [6, 6.07) is 17.0. The number of amides is 1. The average Bonchev–Trinajstić information content (AvgIpc) is 2.68. The maximum atomic E-state index is 12.7. The van der Waals surface area contributed by atoms with Crippen molar-refractivity contribution in [3.05, 3.63) is 76.3 Å². The molecule has 0 saturated carbocycles. The Labute approximate surface area is 157 Å². The first kappa shape index (κ1) is 18.8. The Morgan fingerprint density at radius 2 is 1.81 bits per heavy atom. The van der Waals surface area contributed by atoms with Gasteiger partial charge < -0.3 is 14.6 Å². The molecule has 6 heteroatoms. The molecular formula is C21H23N3O3. The van der Waals surface area contributed by atoms with E-state index in [2.05, 4.69) is 9.97 Å². The van der Waals surface area contributed by atoms with Crippen LogP contribution in [0.15, 0.2) is 59.4 Å². The first-order valence-electron chi connectivity index (χ1n) is 8.96. The van der Waals surface area contributed by atoms with E-state index >= 15 is 0 Å². The first-order valence-corrected chi connectivity index (χ1v) is 8.96. The molecule has 27 heavy (non-hydrogen) atoms. The summed E-state index contributed by atoms with van der Waals surface area (Å²) in [5.74, 6) is 0.487. The van der Waals surface area contributed by atoms with Gasteiger partial charge >= 0.3 is 0 Å². The third-order valence-electron chi connectivity index (χ3n) is 4.31. The lowest BCUT2D eigenvalue weighted by Crippen LogP contribution is -2.31. The van der Waals surface area contributed by atoms with Crippen LogP contribution in [-0.2, 0) is 22.6 Å². The van der Waals surface area contributed by atoms with Crippen molar-refractivity contribution in [2.24, 2.45) is 0 Å².